The maximum atomic E-state index is 10.9. The van der Waals surface area contributed by atoms with Gasteiger partial charge in [0.1, 0.15) is 5.00 Å². The highest BCUT2D eigenvalue weighted by Gasteiger charge is 2.13. The van der Waals surface area contributed by atoms with Gasteiger partial charge in [-0.1, -0.05) is 15.9 Å². The van der Waals surface area contributed by atoms with Crippen molar-refractivity contribution < 1.29 is 9.90 Å². The van der Waals surface area contributed by atoms with Crippen molar-refractivity contribution in [1.29, 1.82) is 0 Å². The van der Waals surface area contributed by atoms with Gasteiger partial charge in [0.05, 0.1) is 5.51 Å². The molecule has 0 amide bonds. The van der Waals surface area contributed by atoms with Crippen LogP contribution in [0.5, 0.6) is 0 Å². The molecular formula is C11H9BrN2O2S. The van der Waals surface area contributed by atoms with Gasteiger partial charge in [-0.2, -0.15) is 0 Å². The first-order valence-electron chi connectivity index (χ1n) is 4.78. The summed E-state index contributed by atoms with van der Waals surface area (Å²) < 4.78 is 1.02. The van der Waals surface area contributed by atoms with E-state index in [1.165, 1.54) is 16.8 Å². The fourth-order valence-corrected chi connectivity index (χ4v) is 2.28. The second-order valence-corrected chi connectivity index (χ2v) is 5.13. The van der Waals surface area contributed by atoms with Crippen LogP contribution in [0.4, 0.5) is 10.7 Å². The third kappa shape index (κ3) is 2.65. The number of carboxylic acids is 1. The number of aromatic nitrogens is 1. The van der Waals surface area contributed by atoms with Gasteiger partial charge in [-0.25, -0.2) is 9.78 Å². The maximum Gasteiger partial charge on any atom is 0.357 e. The minimum Gasteiger partial charge on any atom is -0.476 e. The van der Waals surface area contributed by atoms with Gasteiger partial charge in [-0.05, 0) is 30.7 Å². The maximum absolute atomic E-state index is 10.9. The first-order valence-corrected chi connectivity index (χ1v) is 6.45. The fourth-order valence-electron chi connectivity index (χ4n) is 1.34. The molecule has 0 aliphatic heterocycles. The number of carbonyl (C=O) groups is 1. The number of nitrogens with zero attached hydrogens (tertiary/aromatic N) is 1. The molecule has 1 aromatic heterocycles. The van der Waals surface area contributed by atoms with Crippen molar-refractivity contribution in [1.82, 2.24) is 4.98 Å². The number of hydrogen-bond donors (Lipinski definition) is 2. The van der Waals surface area contributed by atoms with E-state index < -0.39 is 5.97 Å². The minimum absolute atomic E-state index is 0.0515. The number of halogens is 1. The lowest BCUT2D eigenvalue weighted by Gasteiger charge is -2.06. The summed E-state index contributed by atoms with van der Waals surface area (Å²) in [4.78, 5) is 14.7. The highest BCUT2D eigenvalue weighted by Crippen LogP contribution is 2.27. The van der Waals surface area contributed by atoms with Gasteiger partial charge in [0.25, 0.3) is 0 Å². The number of hydrogen-bond acceptors (Lipinski definition) is 4. The second kappa shape index (κ2) is 4.85. The first kappa shape index (κ1) is 12.1. The van der Waals surface area contributed by atoms with Gasteiger partial charge < -0.3 is 10.4 Å². The van der Waals surface area contributed by atoms with Gasteiger partial charge in [0.15, 0.2) is 5.69 Å². The van der Waals surface area contributed by atoms with Gasteiger partial charge in [0, 0.05) is 10.2 Å². The average molecular weight is 313 g/mol. The van der Waals surface area contributed by atoms with E-state index in [0.717, 1.165) is 15.7 Å². The van der Waals surface area contributed by atoms with E-state index in [2.05, 4.69) is 26.2 Å². The fraction of sp³-hybridized carbons (Fsp3) is 0.0909. The first-order chi connectivity index (χ1) is 8.08. The van der Waals surface area contributed by atoms with Gasteiger partial charge in [-0.3, -0.25) is 0 Å². The van der Waals surface area contributed by atoms with E-state index in [-0.39, 0.29) is 5.69 Å². The summed E-state index contributed by atoms with van der Waals surface area (Å²) in [6.45, 7) is 1.97. The molecule has 1 heterocycles. The number of benzene rings is 1. The zero-order valence-corrected chi connectivity index (χ0v) is 11.3. The lowest BCUT2D eigenvalue weighted by Crippen LogP contribution is -2.01. The normalized spacial score (nSPS) is 10.2. The summed E-state index contributed by atoms with van der Waals surface area (Å²) in [5.74, 6) is -1.03. The second-order valence-electron chi connectivity index (χ2n) is 3.42. The van der Waals surface area contributed by atoms with Crippen molar-refractivity contribution in [3.8, 4) is 0 Å². The summed E-state index contributed by atoms with van der Waals surface area (Å²) in [7, 11) is 0. The van der Waals surface area contributed by atoms with Crippen molar-refractivity contribution in [2.75, 3.05) is 5.32 Å². The van der Waals surface area contributed by atoms with Crippen molar-refractivity contribution in [3.05, 3.63) is 39.4 Å². The van der Waals surface area contributed by atoms with Crippen LogP contribution >= 0.6 is 27.3 Å². The van der Waals surface area contributed by atoms with Crippen LogP contribution in [0.15, 0.2) is 28.2 Å². The lowest BCUT2D eigenvalue weighted by atomic mass is 10.2. The molecule has 0 unspecified atom stereocenters. The van der Waals surface area contributed by atoms with Crippen LogP contribution in [0, 0.1) is 6.92 Å². The quantitative estimate of drug-likeness (QED) is 0.908. The van der Waals surface area contributed by atoms with Gasteiger partial charge >= 0.3 is 5.97 Å². The predicted octanol–water partition coefficient (Wildman–Crippen LogP) is 3.66. The monoisotopic (exact) mass is 312 g/mol. The molecule has 6 heteroatoms. The highest BCUT2D eigenvalue weighted by atomic mass is 79.9. The Morgan fingerprint density at radius 1 is 1.53 bits per heavy atom. The van der Waals surface area contributed by atoms with Crippen molar-refractivity contribution in [3.63, 3.8) is 0 Å². The van der Waals surface area contributed by atoms with Crippen molar-refractivity contribution >= 4 is 43.9 Å². The number of aromatic carboxylic acids is 1. The van der Waals surface area contributed by atoms with Crippen LogP contribution in [0.2, 0.25) is 0 Å². The summed E-state index contributed by atoms with van der Waals surface area (Å²) in [5, 5.41) is 12.5. The Morgan fingerprint density at radius 2 is 2.29 bits per heavy atom. The molecule has 0 aliphatic rings. The van der Waals surface area contributed by atoms with Crippen LogP contribution in [0.25, 0.3) is 0 Å². The molecule has 0 bridgehead atoms. The van der Waals surface area contributed by atoms with Crippen molar-refractivity contribution in [2.24, 2.45) is 0 Å². The molecule has 0 saturated heterocycles. The van der Waals surface area contributed by atoms with Crippen LogP contribution in [0.3, 0.4) is 0 Å². The molecule has 0 atom stereocenters. The number of carboxylic acid groups (broad SMARTS) is 1. The van der Waals surface area contributed by atoms with Gasteiger partial charge in [-0.15, -0.1) is 11.3 Å². The number of aryl methyl sites for hydroxylation is 1. The topological polar surface area (TPSA) is 62.2 Å². The Balaban J connectivity index is 2.28. The summed E-state index contributed by atoms with van der Waals surface area (Å²) in [5.41, 5.74) is 3.49. The molecule has 88 valence electrons. The SMILES string of the molecule is Cc1cc(Nc2scnc2C(=O)O)ccc1Br. The number of anilines is 2. The third-order valence-corrected chi connectivity index (χ3v) is 3.82. The number of rotatable bonds is 3. The zero-order valence-electron chi connectivity index (χ0n) is 8.90. The summed E-state index contributed by atoms with van der Waals surface area (Å²) in [6.07, 6.45) is 0. The summed E-state index contributed by atoms with van der Waals surface area (Å²) in [6, 6.07) is 5.73. The van der Waals surface area contributed by atoms with E-state index in [1.807, 2.05) is 25.1 Å². The molecule has 2 rings (SSSR count). The minimum atomic E-state index is -1.03. The molecule has 0 radical (unpaired) electrons. The standard InChI is InChI=1S/C11H9BrN2O2S/c1-6-4-7(2-3-8(6)12)14-10-9(11(15)16)13-5-17-10/h2-5,14H,1H3,(H,15,16). The molecule has 1 aromatic carbocycles. The Kier molecular flexibility index (Phi) is 3.44. The van der Waals surface area contributed by atoms with Crippen LogP contribution < -0.4 is 5.32 Å². The smallest absolute Gasteiger partial charge is 0.357 e. The van der Waals surface area contributed by atoms with E-state index in [0.29, 0.717) is 5.00 Å². The van der Waals surface area contributed by atoms with Crippen LogP contribution in [-0.2, 0) is 0 Å². The van der Waals surface area contributed by atoms with E-state index >= 15 is 0 Å². The van der Waals surface area contributed by atoms with Crippen LogP contribution in [0.1, 0.15) is 16.1 Å². The van der Waals surface area contributed by atoms with E-state index in [4.69, 9.17) is 5.11 Å². The molecule has 0 fully saturated rings. The van der Waals surface area contributed by atoms with Crippen molar-refractivity contribution in [2.45, 2.75) is 6.92 Å². The predicted molar refractivity (Wildman–Crippen MR) is 71.2 cm³/mol. The number of thiazole rings is 1. The number of nitrogens with one attached hydrogen (secondary N) is 1. The molecule has 0 spiro atoms. The summed E-state index contributed by atoms with van der Waals surface area (Å²) >= 11 is 4.68. The molecule has 0 aliphatic carbocycles. The molecule has 2 aromatic rings. The average Bonchev–Trinajstić information content (AvgIpc) is 2.72. The van der Waals surface area contributed by atoms with Crippen LogP contribution in [-0.4, -0.2) is 16.1 Å². The Bertz CT molecular complexity index is 568. The van der Waals surface area contributed by atoms with E-state index in [9.17, 15) is 4.79 Å². The molecule has 17 heavy (non-hydrogen) atoms. The lowest BCUT2D eigenvalue weighted by molar-refractivity contribution is 0.0692. The third-order valence-electron chi connectivity index (χ3n) is 2.19. The zero-order chi connectivity index (χ0) is 12.4. The molecular weight excluding hydrogens is 304 g/mol. The Hall–Kier alpha value is -1.40. The molecule has 4 nitrogen and oxygen atoms in total. The molecule has 0 saturated carbocycles. The molecule has 2 N–H and O–H groups in total. The Morgan fingerprint density at radius 3 is 2.94 bits per heavy atom. The Labute approximate surface area is 110 Å². The van der Waals surface area contributed by atoms with Gasteiger partial charge in [0.2, 0.25) is 0 Å². The van der Waals surface area contributed by atoms with E-state index in [1.54, 1.807) is 0 Å². The largest absolute Gasteiger partial charge is 0.476 e. The highest BCUT2D eigenvalue weighted by molar-refractivity contribution is 9.10.